The van der Waals surface area contributed by atoms with E-state index in [9.17, 15) is 0 Å². The van der Waals surface area contributed by atoms with E-state index < -0.39 is 0 Å². The minimum atomic E-state index is 1.23. The summed E-state index contributed by atoms with van der Waals surface area (Å²) in [6.45, 7) is 0. The zero-order valence-electron chi connectivity index (χ0n) is 25.3. The van der Waals surface area contributed by atoms with Crippen molar-refractivity contribution in [3.63, 3.8) is 0 Å². The zero-order valence-corrected chi connectivity index (χ0v) is 25.3. The molecule has 0 atom stereocenters. The summed E-state index contributed by atoms with van der Waals surface area (Å²) in [7, 11) is 0. The van der Waals surface area contributed by atoms with Gasteiger partial charge < -0.3 is 0 Å². The smallest absolute Gasteiger partial charge is 0.00201 e. The highest BCUT2D eigenvalue weighted by atomic mass is 14.2. The lowest BCUT2D eigenvalue weighted by Gasteiger charge is -2.20. The average Bonchev–Trinajstić information content (AvgIpc) is 3.14. The first kappa shape index (κ1) is 26.4. The van der Waals surface area contributed by atoms with Gasteiger partial charge in [-0.15, -0.1) is 0 Å². The van der Waals surface area contributed by atoms with E-state index in [-0.39, 0.29) is 0 Å². The van der Waals surface area contributed by atoms with Crippen LogP contribution in [0.4, 0.5) is 0 Å². The summed E-state index contributed by atoms with van der Waals surface area (Å²) in [5.41, 5.74) is 10.0. The fourth-order valence-electron chi connectivity index (χ4n) is 7.42. The molecule has 0 heteroatoms. The van der Waals surface area contributed by atoms with Gasteiger partial charge in [0.1, 0.15) is 0 Å². The molecule has 9 aromatic rings. The molecule has 0 saturated heterocycles. The predicted molar refractivity (Wildman–Crippen MR) is 198 cm³/mol. The van der Waals surface area contributed by atoms with Crippen LogP contribution in [0.5, 0.6) is 0 Å². The summed E-state index contributed by atoms with van der Waals surface area (Å²) in [5, 5.41) is 10.2. The van der Waals surface area contributed by atoms with Gasteiger partial charge in [-0.1, -0.05) is 182 Å². The topological polar surface area (TPSA) is 0 Å². The first-order valence-corrected chi connectivity index (χ1v) is 15.9. The van der Waals surface area contributed by atoms with E-state index in [4.69, 9.17) is 0 Å². The Bertz CT molecular complexity index is 2500. The first-order valence-electron chi connectivity index (χ1n) is 15.9. The Balaban J connectivity index is 1.27. The summed E-state index contributed by atoms with van der Waals surface area (Å²) >= 11 is 0. The monoisotopic (exact) mass is 582 g/mol. The van der Waals surface area contributed by atoms with Crippen LogP contribution in [0.15, 0.2) is 182 Å². The van der Waals surface area contributed by atoms with Gasteiger partial charge in [0.2, 0.25) is 0 Å². The van der Waals surface area contributed by atoms with Crippen LogP contribution in [0.2, 0.25) is 0 Å². The summed E-state index contributed by atoms with van der Waals surface area (Å²) in [6, 6.07) is 66.4. The Hall–Kier alpha value is -5.98. The zero-order chi connectivity index (χ0) is 30.5. The maximum absolute atomic E-state index is 2.31. The van der Waals surface area contributed by atoms with Gasteiger partial charge >= 0.3 is 0 Å². The van der Waals surface area contributed by atoms with Crippen LogP contribution in [0.1, 0.15) is 0 Å². The second-order valence-electron chi connectivity index (χ2n) is 12.0. The molecule has 0 spiro atoms. The number of hydrogen-bond acceptors (Lipinski definition) is 0. The molecule has 0 N–H and O–H groups in total. The third-order valence-electron chi connectivity index (χ3n) is 9.47. The maximum Gasteiger partial charge on any atom is -0.00201 e. The lowest BCUT2D eigenvalue weighted by molar-refractivity contribution is 1.60. The van der Waals surface area contributed by atoms with Crippen LogP contribution in [0, 0.1) is 0 Å². The van der Waals surface area contributed by atoms with E-state index >= 15 is 0 Å². The van der Waals surface area contributed by atoms with Crippen LogP contribution < -0.4 is 0 Å². The molecule has 0 aliphatic carbocycles. The number of benzene rings is 9. The molecule has 0 bridgehead atoms. The molecule has 0 aliphatic heterocycles. The third kappa shape index (κ3) is 4.23. The minimum Gasteiger partial charge on any atom is -0.0622 e. The van der Waals surface area contributed by atoms with Crippen LogP contribution >= 0.6 is 0 Å². The lowest BCUT2D eigenvalue weighted by Crippen LogP contribution is -1.92. The quantitative estimate of drug-likeness (QED) is 0.143. The molecule has 0 unspecified atom stereocenters. The Morgan fingerprint density at radius 1 is 0.217 bits per heavy atom. The Labute approximate surface area is 268 Å². The molecule has 9 aromatic carbocycles. The summed E-state index contributed by atoms with van der Waals surface area (Å²) in [5.74, 6) is 0. The van der Waals surface area contributed by atoms with Crippen molar-refractivity contribution in [2.45, 2.75) is 0 Å². The molecule has 0 nitrogen and oxygen atoms in total. The van der Waals surface area contributed by atoms with Gasteiger partial charge in [0, 0.05) is 0 Å². The molecule has 0 aliphatic rings. The van der Waals surface area contributed by atoms with E-state index in [1.54, 1.807) is 0 Å². The van der Waals surface area contributed by atoms with E-state index in [1.165, 1.54) is 87.6 Å². The van der Waals surface area contributed by atoms with Gasteiger partial charge in [0.05, 0.1) is 0 Å². The second-order valence-corrected chi connectivity index (χ2v) is 12.0. The average molecular weight is 583 g/mol. The molecule has 9 rings (SSSR count). The van der Waals surface area contributed by atoms with E-state index in [0.29, 0.717) is 0 Å². The van der Waals surface area contributed by atoms with Crippen molar-refractivity contribution >= 4 is 43.1 Å². The molecule has 0 amide bonds. The number of fused-ring (bicyclic) bond motifs is 5. The van der Waals surface area contributed by atoms with Gasteiger partial charge in [-0.25, -0.2) is 0 Å². The minimum absolute atomic E-state index is 1.23. The molecular formula is C46H30. The molecule has 0 fully saturated rings. The first-order chi connectivity index (χ1) is 22.8. The molecule has 0 heterocycles. The van der Waals surface area contributed by atoms with Crippen molar-refractivity contribution in [3.8, 4) is 44.5 Å². The maximum atomic E-state index is 2.31. The molecule has 0 saturated carbocycles. The van der Waals surface area contributed by atoms with Crippen molar-refractivity contribution < 1.29 is 0 Å². The highest BCUT2D eigenvalue weighted by molar-refractivity contribution is 6.22. The SMILES string of the molecule is c1ccc(-c2ccccc2-c2c3ccccc3c(-c3ccc(-c4cccc5ccc6ccccc6c45)cc3)c3ccccc23)cc1. The predicted octanol–water partition coefficient (Wildman–Crippen LogP) is 13.0. The summed E-state index contributed by atoms with van der Waals surface area (Å²) in [6.07, 6.45) is 0. The van der Waals surface area contributed by atoms with Gasteiger partial charge in [0.15, 0.2) is 0 Å². The number of hydrogen-bond donors (Lipinski definition) is 0. The molecule has 0 aromatic heterocycles. The molecular weight excluding hydrogens is 553 g/mol. The highest BCUT2D eigenvalue weighted by Gasteiger charge is 2.19. The summed E-state index contributed by atoms with van der Waals surface area (Å²) in [4.78, 5) is 0. The van der Waals surface area contributed by atoms with E-state index in [2.05, 4.69) is 182 Å². The third-order valence-corrected chi connectivity index (χ3v) is 9.47. The van der Waals surface area contributed by atoms with E-state index in [0.717, 1.165) is 0 Å². The van der Waals surface area contributed by atoms with Gasteiger partial charge in [-0.05, 0) is 87.6 Å². The Morgan fingerprint density at radius 2 is 0.674 bits per heavy atom. The van der Waals surface area contributed by atoms with Crippen LogP contribution in [0.25, 0.3) is 87.6 Å². The Morgan fingerprint density at radius 3 is 1.37 bits per heavy atom. The molecule has 0 radical (unpaired) electrons. The fourth-order valence-corrected chi connectivity index (χ4v) is 7.42. The van der Waals surface area contributed by atoms with Crippen LogP contribution in [-0.4, -0.2) is 0 Å². The number of rotatable bonds is 4. The van der Waals surface area contributed by atoms with Crippen molar-refractivity contribution in [2.75, 3.05) is 0 Å². The van der Waals surface area contributed by atoms with Gasteiger partial charge in [-0.2, -0.15) is 0 Å². The fraction of sp³-hybridized carbons (Fsp3) is 0. The van der Waals surface area contributed by atoms with Crippen molar-refractivity contribution in [3.05, 3.63) is 182 Å². The highest BCUT2D eigenvalue weighted by Crippen LogP contribution is 2.46. The standard InChI is InChI=1S/C46H30/c1-2-13-31(14-3-1)36-17-6-7-19-39(36)46-42-22-10-8-20-40(42)45(41-21-9-11-23-43(41)46)35-29-26-33(27-30-35)38-24-12-16-34-28-25-32-15-4-5-18-37(32)44(34)38/h1-30H. The molecule has 46 heavy (non-hydrogen) atoms. The normalized spacial score (nSPS) is 11.5. The van der Waals surface area contributed by atoms with Crippen LogP contribution in [0.3, 0.4) is 0 Å². The van der Waals surface area contributed by atoms with Crippen molar-refractivity contribution in [2.24, 2.45) is 0 Å². The molecule has 214 valence electrons. The van der Waals surface area contributed by atoms with E-state index in [1.807, 2.05) is 0 Å². The van der Waals surface area contributed by atoms with Crippen molar-refractivity contribution in [1.82, 2.24) is 0 Å². The van der Waals surface area contributed by atoms with Crippen molar-refractivity contribution in [1.29, 1.82) is 0 Å². The van der Waals surface area contributed by atoms with Crippen LogP contribution in [-0.2, 0) is 0 Å². The largest absolute Gasteiger partial charge is 0.0622 e. The lowest BCUT2D eigenvalue weighted by atomic mass is 9.83. The van der Waals surface area contributed by atoms with Gasteiger partial charge in [-0.3, -0.25) is 0 Å². The summed E-state index contributed by atoms with van der Waals surface area (Å²) < 4.78 is 0. The van der Waals surface area contributed by atoms with Gasteiger partial charge in [0.25, 0.3) is 0 Å². The second kappa shape index (κ2) is 10.9. The Kier molecular flexibility index (Phi) is 6.25.